The van der Waals surface area contributed by atoms with Crippen molar-refractivity contribution < 1.29 is 15.0 Å². The molecule has 0 fully saturated rings. The smallest absolute Gasteiger partial charge is 0.309 e. The highest BCUT2D eigenvalue weighted by Crippen LogP contribution is 1.99. The fraction of sp³-hybridized carbons (Fsp3) is 0.500. The molecular formula is C6H8O3. The van der Waals surface area contributed by atoms with Gasteiger partial charge in [-0.25, -0.2) is 0 Å². The van der Waals surface area contributed by atoms with Crippen LogP contribution in [0.15, 0.2) is 0 Å². The molecule has 3 nitrogen and oxygen atoms in total. The first kappa shape index (κ1) is 7.99. The molecular weight excluding hydrogens is 120 g/mol. The van der Waals surface area contributed by atoms with Gasteiger partial charge in [0.1, 0.15) is 0 Å². The van der Waals surface area contributed by atoms with Crippen LogP contribution in [0.2, 0.25) is 0 Å². The van der Waals surface area contributed by atoms with Gasteiger partial charge in [0.15, 0.2) is 0 Å². The predicted molar refractivity (Wildman–Crippen MR) is 31.7 cm³/mol. The Bertz CT molecular complexity index is 134. The van der Waals surface area contributed by atoms with E-state index in [-0.39, 0.29) is 13.0 Å². The maximum absolute atomic E-state index is 10.1. The van der Waals surface area contributed by atoms with Gasteiger partial charge in [-0.2, -0.15) is 0 Å². The third-order valence-electron chi connectivity index (χ3n) is 0.934. The SMILES string of the molecule is C#CCC(CO)C(=O)O. The van der Waals surface area contributed by atoms with Gasteiger partial charge in [0.05, 0.1) is 12.5 Å². The fourth-order valence-corrected chi connectivity index (χ4v) is 0.372. The van der Waals surface area contributed by atoms with Crippen LogP contribution in [-0.4, -0.2) is 22.8 Å². The van der Waals surface area contributed by atoms with Gasteiger partial charge in [0, 0.05) is 6.42 Å². The van der Waals surface area contributed by atoms with Gasteiger partial charge in [-0.05, 0) is 0 Å². The van der Waals surface area contributed by atoms with E-state index >= 15 is 0 Å². The number of terminal acetylenes is 1. The Morgan fingerprint density at radius 2 is 2.33 bits per heavy atom. The lowest BCUT2D eigenvalue weighted by Gasteiger charge is -2.01. The molecule has 0 saturated carbocycles. The molecule has 0 aromatic heterocycles. The minimum absolute atomic E-state index is 0.0891. The van der Waals surface area contributed by atoms with E-state index in [1.54, 1.807) is 0 Å². The lowest BCUT2D eigenvalue weighted by molar-refractivity contribution is -0.142. The monoisotopic (exact) mass is 128 g/mol. The van der Waals surface area contributed by atoms with Crippen molar-refractivity contribution in [3.8, 4) is 12.3 Å². The summed E-state index contributed by atoms with van der Waals surface area (Å²) in [5.74, 6) is 0.317. The molecule has 0 aromatic rings. The van der Waals surface area contributed by atoms with Crippen LogP contribution >= 0.6 is 0 Å². The molecule has 50 valence electrons. The maximum atomic E-state index is 10.1. The van der Waals surface area contributed by atoms with Crippen molar-refractivity contribution in [1.82, 2.24) is 0 Å². The first-order valence-electron chi connectivity index (χ1n) is 2.49. The lowest BCUT2D eigenvalue weighted by Crippen LogP contribution is -2.16. The summed E-state index contributed by atoms with van der Waals surface area (Å²) in [4.78, 5) is 10.1. The Morgan fingerprint density at radius 1 is 1.78 bits per heavy atom. The predicted octanol–water partition coefficient (Wildman–Crippen LogP) is -0.297. The molecule has 9 heavy (non-hydrogen) atoms. The Balaban J connectivity index is 3.71. The summed E-state index contributed by atoms with van der Waals surface area (Å²) in [5, 5.41) is 16.6. The molecule has 0 spiro atoms. The van der Waals surface area contributed by atoms with E-state index in [1.165, 1.54) is 0 Å². The standard InChI is InChI=1S/C6H8O3/c1-2-3-5(4-7)6(8)9/h1,5,7H,3-4H2,(H,8,9). The van der Waals surface area contributed by atoms with Crippen LogP contribution in [0, 0.1) is 18.3 Å². The maximum Gasteiger partial charge on any atom is 0.309 e. The molecule has 0 aliphatic rings. The minimum Gasteiger partial charge on any atom is -0.481 e. The van der Waals surface area contributed by atoms with E-state index in [4.69, 9.17) is 16.6 Å². The summed E-state index contributed by atoms with van der Waals surface area (Å²) in [6, 6.07) is 0. The lowest BCUT2D eigenvalue weighted by atomic mass is 10.1. The fourth-order valence-electron chi connectivity index (χ4n) is 0.372. The second kappa shape index (κ2) is 3.93. The Labute approximate surface area is 53.3 Å². The number of carboxylic acid groups (broad SMARTS) is 1. The van der Waals surface area contributed by atoms with E-state index in [0.717, 1.165) is 0 Å². The Hall–Kier alpha value is -1.01. The number of hydrogen-bond acceptors (Lipinski definition) is 2. The van der Waals surface area contributed by atoms with Crippen molar-refractivity contribution in [2.45, 2.75) is 6.42 Å². The van der Waals surface area contributed by atoms with Crippen molar-refractivity contribution in [2.24, 2.45) is 5.92 Å². The zero-order valence-electron chi connectivity index (χ0n) is 4.87. The van der Waals surface area contributed by atoms with Crippen molar-refractivity contribution in [1.29, 1.82) is 0 Å². The molecule has 0 amide bonds. The van der Waals surface area contributed by atoms with E-state index in [1.807, 2.05) is 0 Å². The van der Waals surface area contributed by atoms with Crippen LogP contribution in [-0.2, 0) is 4.79 Å². The van der Waals surface area contributed by atoms with Crippen molar-refractivity contribution in [3.63, 3.8) is 0 Å². The molecule has 0 saturated heterocycles. The third-order valence-corrected chi connectivity index (χ3v) is 0.934. The van der Waals surface area contributed by atoms with Crippen LogP contribution < -0.4 is 0 Å². The summed E-state index contributed by atoms with van der Waals surface area (Å²) >= 11 is 0. The topological polar surface area (TPSA) is 57.5 Å². The largest absolute Gasteiger partial charge is 0.481 e. The zero-order valence-corrected chi connectivity index (χ0v) is 4.87. The summed E-state index contributed by atoms with van der Waals surface area (Å²) < 4.78 is 0. The second-order valence-corrected chi connectivity index (χ2v) is 1.63. The summed E-state index contributed by atoms with van der Waals surface area (Å²) in [6.45, 7) is -0.389. The van der Waals surface area contributed by atoms with E-state index < -0.39 is 11.9 Å². The van der Waals surface area contributed by atoms with Crippen molar-refractivity contribution in [2.75, 3.05) is 6.61 Å². The Kier molecular flexibility index (Phi) is 3.49. The van der Waals surface area contributed by atoms with Crippen LogP contribution in [0.1, 0.15) is 6.42 Å². The number of rotatable bonds is 3. The van der Waals surface area contributed by atoms with Crippen LogP contribution in [0.3, 0.4) is 0 Å². The average Bonchev–Trinajstić information content (AvgIpc) is 1.82. The third kappa shape index (κ3) is 2.73. The highest BCUT2D eigenvalue weighted by molar-refractivity contribution is 5.70. The van der Waals surface area contributed by atoms with Gasteiger partial charge in [-0.15, -0.1) is 12.3 Å². The molecule has 0 aliphatic carbocycles. The van der Waals surface area contributed by atoms with Crippen molar-refractivity contribution in [3.05, 3.63) is 0 Å². The molecule has 0 bridgehead atoms. The van der Waals surface area contributed by atoms with Crippen LogP contribution in [0.4, 0.5) is 0 Å². The van der Waals surface area contributed by atoms with Gasteiger partial charge in [0.2, 0.25) is 0 Å². The van der Waals surface area contributed by atoms with Crippen LogP contribution in [0.5, 0.6) is 0 Å². The normalized spacial score (nSPS) is 12.0. The number of aliphatic carboxylic acids is 1. The second-order valence-electron chi connectivity index (χ2n) is 1.63. The molecule has 0 aromatic carbocycles. The molecule has 1 unspecified atom stereocenters. The zero-order chi connectivity index (χ0) is 7.28. The van der Waals surface area contributed by atoms with Gasteiger partial charge >= 0.3 is 5.97 Å². The number of aliphatic hydroxyl groups is 1. The van der Waals surface area contributed by atoms with Gasteiger partial charge in [0.25, 0.3) is 0 Å². The molecule has 0 aliphatic heterocycles. The molecule has 0 rings (SSSR count). The van der Waals surface area contributed by atoms with E-state index in [2.05, 4.69) is 5.92 Å². The molecule has 1 atom stereocenters. The quantitative estimate of drug-likeness (QED) is 0.513. The van der Waals surface area contributed by atoms with E-state index in [9.17, 15) is 4.79 Å². The number of aliphatic hydroxyl groups excluding tert-OH is 1. The van der Waals surface area contributed by atoms with E-state index in [0.29, 0.717) is 0 Å². The first-order chi connectivity index (χ1) is 4.22. The van der Waals surface area contributed by atoms with Gasteiger partial charge < -0.3 is 10.2 Å². The van der Waals surface area contributed by atoms with Crippen LogP contribution in [0.25, 0.3) is 0 Å². The molecule has 0 radical (unpaired) electrons. The molecule has 2 N–H and O–H groups in total. The summed E-state index contributed by atoms with van der Waals surface area (Å²) in [7, 11) is 0. The summed E-state index contributed by atoms with van der Waals surface area (Å²) in [6.07, 6.45) is 4.91. The first-order valence-corrected chi connectivity index (χ1v) is 2.49. The average molecular weight is 128 g/mol. The minimum atomic E-state index is -1.05. The van der Waals surface area contributed by atoms with Gasteiger partial charge in [-0.1, -0.05) is 0 Å². The Morgan fingerprint density at radius 3 is 2.44 bits per heavy atom. The summed E-state index contributed by atoms with van der Waals surface area (Å²) in [5.41, 5.74) is 0. The van der Waals surface area contributed by atoms with Gasteiger partial charge in [-0.3, -0.25) is 4.79 Å². The van der Waals surface area contributed by atoms with Crippen molar-refractivity contribution >= 4 is 5.97 Å². The highest BCUT2D eigenvalue weighted by atomic mass is 16.4. The number of hydrogen-bond donors (Lipinski definition) is 2. The number of carboxylic acids is 1. The number of carbonyl (C=O) groups is 1. The molecule has 3 heteroatoms. The highest BCUT2D eigenvalue weighted by Gasteiger charge is 2.13. The molecule has 0 heterocycles.